The van der Waals surface area contributed by atoms with Gasteiger partial charge in [0.15, 0.2) is 0 Å². The Morgan fingerprint density at radius 2 is 1.36 bits per heavy atom. The van der Waals surface area contributed by atoms with Crippen LogP contribution < -0.4 is 21.7 Å². The molecule has 3 amide bonds. The van der Waals surface area contributed by atoms with Gasteiger partial charge in [0.1, 0.15) is 12.1 Å². The molecule has 0 aliphatic heterocycles. The lowest BCUT2D eigenvalue weighted by Crippen LogP contribution is -2.54. The zero-order valence-corrected chi connectivity index (χ0v) is 18.6. The van der Waals surface area contributed by atoms with Crippen LogP contribution in [0.1, 0.15) is 18.1 Å². The highest BCUT2D eigenvalue weighted by molar-refractivity contribution is 5.92. The second-order valence-electron chi connectivity index (χ2n) is 7.29. The maximum Gasteiger partial charge on any atom is 0.328 e. The fourth-order valence-corrected chi connectivity index (χ4v) is 3.11. The number of nitrogens with one attached hydrogen (secondary N) is 3. The highest BCUT2D eigenvalue weighted by Crippen LogP contribution is 2.08. The summed E-state index contributed by atoms with van der Waals surface area (Å²) >= 11 is 0. The van der Waals surface area contributed by atoms with Crippen molar-refractivity contribution in [3.05, 3.63) is 71.8 Å². The maximum atomic E-state index is 13.1. The lowest BCUT2D eigenvalue weighted by Gasteiger charge is -2.23. The van der Waals surface area contributed by atoms with Crippen molar-refractivity contribution in [1.82, 2.24) is 16.0 Å². The number of benzene rings is 2. The van der Waals surface area contributed by atoms with Gasteiger partial charge in [0.05, 0.1) is 19.7 Å². The number of esters is 1. The Kier molecular flexibility index (Phi) is 10.6. The molecule has 176 valence electrons. The predicted molar refractivity (Wildman–Crippen MR) is 123 cm³/mol. The smallest absolute Gasteiger partial charge is 0.328 e. The molecular weight excluding hydrogens is 424 g/mol. The van der Waals surface area contributed by atoms with Gasteiger partial charge in [-0.3, -0.25) is 14.4 Å². The number of carbonyl (C=O) groups is 4. The minimum absolute atomic E-state index is 0.172. The molecule has 9 heteroatoms. The van der Waals surface area contributed by atoms with E-state index in [1.165, 1.54) is 0 Å². The van der Waals surface area contributed by atoms with Crippen LogP contribution in [-0.4, -0.2) is 55.5 Å². The Morgan fingerprint density at radius 3 is 1.88 bits per heavy atom. The molecule has 9 nitrogen and oxygen atoms in total. The molecule has 2 atom stereocenters. The third-order valence-corrected chi connectivity index (χ3v) is 4.74. The molecular formula is C24H30N4O5. The van der Waals surface area contributed by atoms with Crippen molar-refractivity contribution in [3.63, 3.8) is 0 Å². The summed E-state index contributed by atoms with van der Waals surface area (Å²) in [7, 11) is 0. The predicted octanol–water partition coefficient (Wildman–Crippen LogP) is 0.0794. The van der Waals surface area contributed by atoms with Gasteiger partial charge in [-0.2, -0.15) is 0 Å². The van der Waals surface area contributed by atoms with Crippen LogP contribution in [0.5, 0.6) is 0 Å². The molecule has 0 spiro atoms. The number of carbonyl (C=O) groups excluding carboxylic acids is 4. The Hall–Kier alpha value is -3.72. The van der Waals surface area contributed by atoms with Crippen LogP contribution in [0.3, 0.4) is 0 Å². The third-order valence-electron chi connectivity index (χ3n) is 4.74. The van der Waals surface area contributed by atoms with Gasteiger partial charge in [-0.05, 0) is 18.1 Å². The molecule has 0 aromatic heterocycles. The summed E-state index contributed by atoms with van der Waals surface area (Å²) in [4.78, 5) is 49.3. The zero-order chi connectivity index (χ0) is 24.1. The van der Waals surface area contributed by atoms with Gasteiger partial charge in [-0.25, -0.2) is 4.79 Å². The average molecular weight is 455 g/mol. The molecule has 33 heavy (non-hydrogen) atoms. The molecule has 0 unspecified atom stereocenters. The zero-order valence-electron chi connectivity index (χ0n) is 18.6. The van der Waals surface area contributed by atoms with Crippen LogP contribution in [-0.2, 0) is 36.8 Å². The van der Waals surface area contributed by atoms with Gasteiger partial charge in [-0.1, -0.05) is 60.7 Å². The van der Waals surface area contributed by atoms with Crippen molar-refractivity contribution in [2.24, 2.45) is 5.73 Å². The first kappa shape index (κ1) is 25.5. The molecule has 0 heterocycles. The first-order valence-electron chi connectivity index (χ1n) is 10.7. The second kappa shape index (κ2) is 13.6. The summed E-state index contributed by atoms with van der Waals surface area (Å²) in [5.41, 5.74) is 6.90. The quantitative estimate of drug-likeness (QED) is 0.335. The number of nitrogens with two attached hydrogens (primary N) is 1. The number of ether oxygens (including phenoxy) is 1. The third kappa shape index (κ3) is 9.12. The summed E-state index contributed by atoms with van der Waals surface area (Å²) in [5.74, 6) is -2.14. The van der Waals surface area contributed by atoms with Crippen molar-refractivity contribution < 1.29 is 23.9 Å². The van der Waals surface area contributed by atoms with E-state index in [-0.39, 0.29) is 32.5 Å². The van der Waals surface area contributed by atoms with Crippen LogP contribution >= 0.6 is 0 Å². The van der Waals surface area contributed by atoms with E-state index >= 15 is 0 Å². The van der Waals surface area contributed by atoms with E-state index in [2.05, 4.69) is 16.0 Å². The van der Waals surface area contributed by atoms with Gasteiger partial charge < -0.3 is 26.4 Å². The first-order chi connectivity index (χ1) is 15.9. The van der Waals surface area contributed by atoms with Gasteiger partial charge in [-0.15, -0.1) is 0 Å². The molecule has 5 N–H and O–H groups in total. The number of rotatable bonds is 12. The summed E-state index contributed by atoms with van der Waals surface area (Å²) < 4.78 is 5.13. The maximum absolute atomic E-state index is 13.1. The molecule has 0 aliphatic rings. The monoisotopic (exact) mass is 454 g/mol. The van der Waals surface area contributed by atoms with Gasteiger partial charge in [0.25, 0.3) is 0 Å². The van der Waals surface area contributed by atoms with E-state index in [1.807, 2.05) is 60.7 Å². The van der Waals surface area contributed by atoms with E-state index in [0.29, 0.717) is 0 Å². The van der Waals surface area contributed by atoms with Gasteiger partial charge in [0.2, 0.25) is 17.7 Å². The molecule has 0 radical (unpaired) electrons. The minimum Gasteiger partial charge on any atom is -0.464 e. The molecule has 2 aromatic rings. The Balaban J connectivity index is 2.15. The van der Waals surface area contributed by atoms with Crippen molar-refractivity contribution in [2.45, 2.75) is 31.8 Å². The molecule has 0 aliphatic carbocycles. The number of amides is 3. The molecule has 0 fully saturated rings. The molecule has 0 saturated heterocycles. The van der Waals surface area contributed by atoms with E-state index in [9.17, 15) is 19.2 Å². The fraction of sp³-hybridized carbons (Fsp3) is 0.333. The molecule has 0 bridgehead atoms. The Labute approximate surface area is 193 Å². The van der Waals surface area contributed by atoms with Crippen molar-refractivity contribution in [2.75, 3.05) is 19.7 Å². The van der Waals surface area contributed by atoms with Crippen LogP contribution in [0, 0.1) is 0 Å². The van der Waals surface area contributed by atoms with Crippen LogP contribution in [0.4, 0.5) is 0 Å². The topological polar surface area (TPSA) is 140 Å². The van der Waals surface area contributed by atoms with E-state index in [4.69, 9.17) is 10.5 Å². The van der Waals surface area contributed by atoms with Crippen LogP contribution in [0.25, 0.3) is 0 Å². The van der Waals surface area contributed by atoms with Gasteiger partial charge in [0, 0.05) is 12.8 Å². The summed E-state index contributed by atoms with van der Waals surface area (Å²) in [5, 5.41) is 7.71. The largest absolute Gasteiger partial charge is 0.464 e. The molecule has 2 rings (SSSR count). The van der Waals surface area contributed by atoms with Crippen molar-refractivity contribution in [3.8, 4) is 0 Å². The Morgan fingerprint density at radius 1 is 0.818 bits per heavy atom. The highest BCUT2D eigenvalue weighted by Gasteiger charge is 2.28. The Bertz CT molecular complexity index is 921. The van der Waals surface area contributed by atoms with Crippen LogP contribution in [0.15, 0.2) is 60.7 Å². The fourth-order valence-electron chi connectivity index (χ4n) is 3.11. The second-order valence-corrected chi connectivity index (χ2v) is 7.29. The van der Waals surface area contributed by atoms with E-state index in [0.717, 1.165) is 11.1 Å². The minimum atomic E-state index is -0.970. The summed E-state index contributed by atoms with van der Waals surface area (Å²) in [6, 6.07) is 16.5. The van der Waals surface area contributed by atoms with E-state index in [1.54, 1.807) is 6.92 Å². The SMILES string of the molecule is CCOC(=O)[C@H](Cc1ccccc1)NC(=O)[C@H](Cc1ccccc1)NC(=O)CNC(=O)CN. The van der Waals surface area contributed by atoms with Gasteiger partial charge >= 0.3 is 5.97 Å². The van der Waals surface area contributed by atoms with Crippen LogP contribution in [0.2, 0.25) is 0 Å². The van der Waals surface area contributed by atoms with E-state index < -0.39 is 35.8 Å². The van der Waals surface area contributed by atoms with Crippen molar-refractivity contribution >= 4 is 23.7 Å². The summed E-state index contributed by atoms with van der Waals surface area (Å²) in [6.07, 6.45) is 0.439. The first-order valence-corrected chi connectivity index (χ1v) is 10.7. The normalized spacial score (nSPS) is 12.2. The number of hydrogen-bond donors (Lipinski definition) is 4. The standard InChI is InChI=1S/C24H30N4O5/c1-2-33-24(32)20(14-18-11-7-4-8-12-18)28-23(31)19(13-17-9-5-3-6-10-17)27-22(30)16-26-21(29)15-25/h3-12,19-20H,2,13-16,25H2,1H3,(H,26,29)(H,27,30)(H,28,31)/t19-,20-/m0/s1. The molecule has 0 saturated carbocycles. The summed E-state index contributed by atoms with van der Waals surface area (Å²) in [6.45, 7) is 1.29. The lowest BCUT2D eigenvalue weighted by atomic mass is 10.0. The highest BCUT2D eigenvalue weighted by atomic mass is 16.5. The number of hydrogen-bond acceptors (Lipinski definition) is 6. The average Bonchev–Trinajstić information content (AvgIpc) is 2.83. The lowest BCUT2D eigenvalue weighted by molar-refractivity contribution is -0.147. The van der Waals surface area contributed by atoms with Crippen molar-refractivity contribution in [1.29, 1.82) is 0 Å². The molecule has 2 aromatic carbocycles.